The molecule has 0 saturated heterocycles. The first-order valence-corrected chi connectivity index (χ1v) is 4.58. The summed E-state index contributed by atoms with van der Waals surface area (Å²) in [5.41, 5.74) is 0.975. The summed E-state index contributed by atoms with van der Waals surface area (Å²) >= 11 is 1.60. The molecule has 0 bridgehead atoms. The average molecular weight is 185 g/mol. The van der Waals surface area contributed by atoms with E-state index in [-0.39, 0.29) is 5.97 Å². The van der Waals surface area contributed by atoms with E-state index in [1.54, 1.807) is 11.3 Å². The lowest BCUT2D eigenvalue weighted by molar-refractivity contribution is -0.140. The summed E-state index contributed by atoms with van der Waals surface area (Å²) < 4.78 is 4.52. The summed E-state index contributed by atoms with van der Waals surface area (Å²) in [4.78, 5) is 15.0. The summed E-state index contributed by atoms with van der Waals surface area (Å²) in [6, 6.07) is 0. The number of carbonyl (C=O) groups is 1. The lowest BCUT2D eigenvalue weighted by atomic mass is 10.2. The third-order valence-corrected chi connectivity index (χ3v) is 2.30. The predicted octanol–water partition coefficient (Wildman–Crippen LogP) is 1.56. The first-order valence-electron chi connectivity index (χ1n) is 3.70. The Morgan fingerprint density at radius 1 is 1.75 bits per heavy atom. The van der Waals surface area contributed by atoms with E-state index in [0.29, 0.717) is 12.8 Å². The van der Waals surface area contributed by atoms with Crippen LogP contribution in [-0.2, 0) is 16.0 Å². The molecule has 1 aromatic heterocycles. The molecule has 0 radical (unpaired) electrons. The Hall–Kier alpha value is -0.900. The van der Waals surface area contributed by atoms with Gasteiger partial charge in [-0.15, -0.1) is 11.3 Å². The van der Waals surface area contributed by atoms with Gasteiger partial charge in [0.05, 0.1) is 24.2 Å². The number of nitrogens with zero attached hydrogens (tertiary/aromatic N) is 1. The molecular formula is C8H11NO2S. The second kappa shape index (κ2) is 4.21. The molecule has 0 saturated carbocycles. The van der Waals surface area contributed by atoms with Crippen molar-refractivity contribution in [2.45, 2.75) is 19.8 Å². The SMILES string of the molecule is COC(=O)CCc1csc(C)n1. The molecule has 0 fully saturated rings. The minimum atomic E-state index is -0.180. The Bertz CT molecular complexity index is 270. The van der Waals surface area contributed by atoms with E-state index < -0.39 is 0 Å². The zero-order valence-corrected chi connectivity index (χ0v) is 7.98. The van der Waals surface area contributed by atoms with E-state index in [0.717, 1.165) is 10.7 Å². The van der Waals surface area contributed by atoms with Gasteiger partial charge in [0.15, 0.2) is 0 Å². The van der Waals surface area contributed by atoms with E-state index >= 15 is 0 Å². The quantitative estimate of drug-likeness (QED) is 0.671. The van der Waals surface area contributed by atoms with Gasteiger partial charge in [-0.05, 0) is 6.92 Å². The van der Waals surface area contributed by atoms with Crippen LogP contribution < -0.4 is 0 Å². The number of esters is 1. The van der Waals surface area contributed by atoms with Crippen molar-refractivity contribution in [3.63, 3.8) is 0 Å². The van der Waals surface area contributed by atoms with Crippen LogP contribution in [0.3, 0.4) is 0 Å². The smallest absolute Gasteiger partial charge is 0.305 e. The fourth-order valence-corrected chi connectivity index (χ4v) is 1.50. The van der Waals surface area contributed by atoms with E-state index in [9.17, 15) is 4.79 Å². The maximum Gasteiger partial charge on any atom is 0.305 e. The monoisotopic (exact) mass is 185 g/mol. The Morgan fingerprint density at radius 3 is 3.00 bits per heavy atom. The number of aromatic nitrogens is 1. The summed E-state index contributed by atoms with van der Waals surface area (Å²) in [6.45, 7) is 1.95. The van der Waals surface area contributed by atoms with Gasteiger partial charge < -0.3 is 4.74 Å². The van der Waals surface area contributed by atoms with E-state index in [2.05, 4.69) is 9.72 Å². The van der Waals surface area contributed by atoms with Crippen LogP contribution in [0, 0.1) is 6.92 Å². The number of rotatable bonds is 3. The van der Waals surface area contributed by atoms with Crippen molar-refractivity contribution in [3.05, 3.63) is 16.1 Å². The molecule has 0 spiro atoms. The maximum absolute atomic E-state index is 10.7. The van der Waals surface area contributed by atoms with Crippen LogP contribution in [0.2, 0.25) is 0 Å². The average Bonchev–Trinajstić information content (AvgIpc) is 2.47. The summed E-state index contributed by atoms with van der Waals surface area (Å²) in [5, 5.41) is 3.01. The van der Waals surface area contributed by atoms with Gasteiger partial charge in [-0.25, -0.2) is 4.98 Å². The standard InChI is InChI=1S/C8H11NO2S/c1-6-9-7(5-12-6)3-4-8(10)11-2/h5H,3-4H2,1-2H3. The van der Waals surface area contributed by atoms with Crippen molar-refractivity contribution in [1.82, 2.24) is 4.98 Å². The molecule has 4 heteroatoms. The zero-order chi connectivity index (χ0) is 8.97. The van der Waals surface area contributed by atoms with E-state index in [1.807, 2.05) is 12.3 Å². The third kappa shape index (κ3) is 2.62. The van der Waals surface area contributed by atoms with Crippen molar-refractivity contribution < 1.29 is 9.53 Å². The Balaban J connectivity index is 2.38. The van der Waals surface area contributed by atoms with Gasteiger partial charge in [0.1, 0.15) is 0 Å². The molecule has 0 unspecified atom stereocenters. The van der Waals surface area contributed by atoms with Gasteiger partial charge in [-0.1, -0.05) is 0 Å². The number of aryl methyl sites for hydroxylation is 2. The molecule has 0 N–H and O–H groups in total. The molecule has 0 atom stereocenters. The first-order chi connectivity index (χ1) is 5.72. The van der Waals surface area contributed by atoms with Crippen molar-refractivity contribution in [3.8, 4) is 0 Å². The molecule has 0 aliphatic rings. The summed E-state index contributed by atoms with van der Waals surface area (Å²) in [6.07, 6.45) is 1.09. The van der Waals surface area contributed by atoms with Crippen LogP contribution in [0.5, 0.6) is 0 Å². The molecule has 1 heterocycles. The van der Waals surface area contributed by atoms with E-state index in [4.69, 9.17) is 0 Å². The minimum absolute atomic E-state index is 0.180. The highest BCUT2D eigenvalue weighted by Crippen LogP contribution is 2.09. The highest BCUT2D eigenvalue weighted by Gasteiger charge is 2.03. The maximum atomic E-state index is 10.7. The lowest BCUT2D eigenvalue weighted by Crippen LogP contribution is -2.01. The number of thiazole rings is 1. The Labute approximate surface area is 75.4 Å². The molecule has 3 nitrogen and oxygen atoms in total. The van der Waals surface area contributed by atoms with Crippen molar-refractivity contribution in [2.24, 2.45) is 0 Å². The molecule has 66 valence electrons. The van der Waals surface area contributed by atoms with E-state index in [1.165, 1.54) is 7.11 Å². The summed E-state index contributed by atoms with van der Waals surface area (Å²) in [5.74, 6) is -0.180. The third-order valence-electron chi connectivity index (χ3n) is 1.48. The lowest BCUT2D eigenvalue weighted by Gasteiger charge is -1.95. The number of methoxy groups -OCH3 is 1. The first kappa shape index (κ1) is 9.19. The molecule has 1 aromatic rings. The molecule has 0 aliphatic carbocycles. The van der Waals surface area contributed by atoms with Crippen molar-refractivity contribution in [2.75, 3.05) is 7.11 Å². The number of hydrogen-bond acceptors (Lipinski definition) is 4. The fraction of sp³-hybridized carbons (Fsp3) is 0.500. The van der Waals surface area contributed by atoms with Gasteiger partial charge in [-0.3, -0.25) is 4.79 Å². The topological polar surface area (TPSA) is 39.2 Å². The van der Waals surface area contributed by atoms with Gasteiger partial charge >= 0.3 is 5.97 Å². The Morgan fingerprint density at radius 2 is 2.50 bits per heavy atom. The second-order valence-corrected chi connectivity index (χ2v) is 3.50. The molecule has 0 amide bonds. The van der Waals surface area contributed by atoms with Crippen molar-refractivity contribution >= 4 is 17.3 Å². The van der Waals surface area contributed by atoms with Gasteiger partial charge in [-0.2, -0.15) is 0 Å². The zero-order valence-electron chi connectivity index (χ0n) is 7.16. The summed E-state index contributed by atoms with van der Waals surface area (Å²) in [7, 11) is 1.40. The van der Waals surface area contributed by atoms with Gasteiger partial charge in [0.2, 0.25) is 0 Å². The second-order valence-electron chi connectivity index (χ2n) is 2.43. The molecule has 0 aliphatic heterocycles. The molecule has 1 rings (SSSR count). The number of ether oxygens (including phenoxy) is 1. The fourth-order valence-electron chi connectivity index (χ4n) is 0.855. The number of hydrogen-bond donors (Lipinski definition) is 0. The normalized spacial score (nSPS) is 9.83. The van der Waals surface area contributed by atoms with Crippen molar-refractivity contribution in [1.29, 1.82) is 0 Å². The molecule has 12 heavy (non-hydrogen) atoms. The predicted molar refractivity (Wildman–Crippen MR) is 47.2 cm³/mol. The highest BCUT2D eigenvalue weighted by molar-refractivity contribution is 7.09. The molecular weight excluding hydrogens is 174 g/mol. The molecule has 0 aromatic carbocycles. The van der Waals surface area contributed by atoms with Gasteiger partial charge in [0, 0.05) is 11.8 Å². The van der Waals surface area contributed by atoms with Crippen LogP contribution in [-0.4, -0.2) is 18.1 Å². The van der Waals surface area contributed by atoms with Crippen LogP contribution in [0.15, 0.2) is 5.38 Å². The number of carbonyl (C=O) groups excluding carboxylic acids is 1. The highest BCUT2D eigenvalue weighted by atomic mass is 32.1. The van der Waals surface area contributed by atoms with Gasteiger partial charge in [0.25, 0.3) is 0 Å². The minimum Gasteiger partial charge on any atom is -0.469 e. The Kier molecular flexibility index (Phi) is 3.22. The van der Waals surface area contributed by atoms with Crippen LogP contribution in [0.1, 0.15) is 17.1 Å². The van der Waals surface area contributed by atoms with Crippen LogP contribution in [0.25, 0.3) is 0 Å². The van der Waals surface area contributed by atoms with Crippen LogP contribution in [0.4, 0.5) is 0 Å². The van der Waals surface area contributed by atoms with Crippen LogP contribution >= 0.6 is 11.3 Å². The largest absolute Gasteiger partial charge is 0.469 e.